The lowest BCUT2D eigenvalue weighted by molar-refractivity contribution is -0.385. The summed E-state index contributed by atoms with van der Waals surface area (Å²) in [5, 5.41) is 22.6. The van der Waals surface area contributed by atoms with E-state index in [0.29, 0.717) is 23.6 Å². The lowest BCUT2D eigenvalue weighted by atomic mass is 10.1. The molecule has 0 unspecified atom stereocenters. The standard InChI is InChI=1S/C19H22N6O3/c1-11-6-8-15(9-7-11)10-24-13(3)16(12(2)21-24)20-19(26)17-18(25(27)28)14(4)23(5)22-17/h6-9H,10H2,1-5H3,(H,20,26). The molecule has 0 fully saturated rings. The van der Waals surface area contributed by atoms with Crippen molar-refractivity contribution in [3.63, 3.8) is 0 Å². The molecule has 0 saturated carbocycles. The number of hydrogen-bond acceptors (Lipinski definition) is 5. The number of carbonyl (C=O) groups is 1. The molecule has 3 aromatic rings. The molecule has 1 N–H and O–H groups in total. The highest BCUT2D eigenvalue weighted by Gasteiger charge is 2.30. The van der Waals surface area contributed by atoms with E-state index >= 15 is 0 Å². The number of amides is 1. The van der Waals surface area contributed by atoms with E-state index in [1.807, 2.05) is 38.1 Å². The molecule has 146 valence electrons. The Morgan fingerprint density at radius 2 is 1.75 bits per heavy atom. The summed E-state index contributed by atoms with van der Waals surface area (Å²) in [6.07, 6.45) is 0. The van der Waals surface area contributed by atoms with Gasteiger partial charge in [-0.25, -0.2) is 0 Å². The second-order valence-electron chi connectivity index (χ2n) is 6.81. The van der Waals surface area contributed by atoms with Crippen LogP contribution in [0.25, 0.3) is 0 Å². The Balaban J connectivity index is 1.88. The third-order valence-corrected chi connectivity index (χ3v) is 4.77. The summed E-state index contributed by atoms with van der Waals surface area (Å²) in [6.45, 7) is 7.77. The highest BCUT2D eigenvalue weighted by atomic mass is 16.6. The van der Waals surface area contributed by atoms with Gasteiger partial charge in [0.05, 0.1) is 28.5 Å². The molecule has 0 radical (unpaired) electrons. The number of hydrogen-bond donors (Lipinski definition) is 1. The highest BCUT2D eigenvalue weighted by molar-refractivity contribution is 6.06. The molecule has 9 nitrogen and oxygen atoms in total. The van der Waals surface area contributed by atoms with E-state index in [1.165, 1.54) is 10.2 Å². The topological polar surface area (TPSA) is 108 Å². The largest absolute Gasteiger partial charge is 0.322 e. The van der Waals surface area contributed by atoms with Crippen LogP contribution in [0, 0.1) is 37.8 Å². The average molecular weight is 382 g/mol. The van der Waals surface area contributed by atoms with Gasteiger partial charge >= 0.3 is 5.69 Å². The van der Waals surface area contributed by atoms with Crippen LogP contribution in [0.3, 0.4) is 0 Å². The van der Waals surface area contributed by atoms with Gasteiger partial charge in [-0.2, -0.15) is 10.2 Å². The van der Waals surface area contributed by atoms with E-state index in [2.05, 4.69) is 15.5 Å². The van der Waals surface area contributed by atoms with Crippen molar-refractivity contribution in [3.05, 3.63) is 68.3 Å². The van der Waals surface area contributed by atoms with Gasteiger partial charge in [-0.3, -0.25) is 24.3 Å². The summed E-state index contributed by atoms with van der Waals surface area (Å²) in [6, 6.07) is 8.13. The van der Waals surface area contributed by atoms with Crippen molar-refractivity contribution in [2.75, 3.05) is 5.32 Å². The minimum atomic E-state index is -0.628. The number of nitrogens with zero attached hydrogens (tertiary/aromatic N) is 5. The average Bonchev–Trinajstić information content (AvgIpc) is 3.08. The Kier molecular flexibility index (Phi) is 5.00. The molecule has 0 bridgehead atoms. The molecule has 1 amide bonds. The maximum absolute atomic E-state index is 12.7. The number of aryl methyl sites for hydroxylation is 3. The second-order valence-corrected chi connectivity index (χ2v) is 6.81. The van der Waals surface area contributed by atoms with Crippen molar-refractivity contribution in [1.82, 2.24) is 19.6 Å². The van der Waals surface area contributed by atoms with E-state index in [1.54, 1.807) is 25.6 Å². The minimum absolute atomic E-state index is 0.213. The second kappa shape index (κ2) is 7.26. The Bertz CT molecular complexity index is 1060. The van der Waals surface area contributed by atoms with Crippen LogP contribution in [0.1, 0.15) is 38.7 Å². The number of nitrogens with one attached hydrogen (secondary N) is 1. The van der Waals surface area contributed by atoms with E-state index < -0.39 is 10.8 Å². The lowest BCUT2D eigenvalue weighted by Gasteiger charge is -2.07. The van der Waals surface area contributed by atoms with Crippen LogP contribution in [-0.4, -0.2) is 30.4 Å². The highest BCUT2D eigenvalue weighted by Crippen LogP contribution is 2.25. The van der Waals surface area contributed by atoms with Gasteiger partial charge in [0.25, 0.3) is 5.91 Å². The van der Waals surface area contributed by atoms with Crippen molar-refractivity contribution >= 4 is 17.3 Å². The first-order chi connectivity index (χ1) is 13.2. The molecule has 0 saturated heterocycles. The summed E-state index contributed by atoms with van der Waals surface area (Å²) >= 11 is 0. The summed E-state index contributed by atoms with van der Waals surface area (Å²) < 4.78 is 3.13. The fraction of sp³-hybridized carbons (Fsp3) is 0.316. The quantitative estimate of drug-likeness (QED) is 0.539. The number of benzene rings is 1. The molecular formula is C19H22N6O3. The zero-order valence-corrected chi connectivity index (χ0v) is 16.5. The van der Waals surface area contributed by atoms with Crippen LogP contribution in [0.2, 0.25) is 0 Å². The lowest BCUT2D eigenvalue weighted by Crippen LogP contribution is -2.16. The number of aromatic nitrogens is 4. The van der Waals surface area contributed by atoms with Crippen LogP contribution in [0.5, 0.6) is 0 Å². The Morgan fingerprint density at radius 1 is 1.11 bits per heavy atom. The minimum Gasteiger partial charge on any atom is -0.317 e. The third kappa shape index (κ3) is 3.51. The van der Waals surface area contributed by atoms with Gasteiger partial charge in [0.15, 0.2) is 0 Å². The smallest absolute Gasteiger partial charge is 0.317 e. The maximum atomic E-state index is 12.7. The first kappa shape index (κ1) is 19.3. The molecule has 9 heteroatoms. The molecular weight excluding hydrogens is 360 g/mol. The molecule has 0 aliphatic heterocycles. The van der Waals surface area contributed by atoms with Gasteiger partial charge in [-0.15, -0.1) is 0 Å². The molecule has 1 aromatic carbocycles. The fourth-order valence-corrected chi connectivity index (χ4v) is 3.04. The van der Waals surface area contributed by atoms with Crippen LogP contribution in [-0.2, 0) is 13.6 Å². The normalized spacial score (nSPS) is 10.9. The first-order valence-corrected chi connectivity index (χ1v) is 8.78. The molecule has 0 aliphatic carbocycles. The number of rotatable bonds is 5. The van der Waals surface area contributed by atoms with Crippen molar-refractivity contribution in [3.8, 4) is 0 Å². The van der Waals surface area contributed by atoms with Crippen molar-refractivity contribution in [1.29, 1.82) is 0 Å². The zero-order valence-electron chi connectivity index (χ0n) is 16.5. The summed E-state index contributed by atoms with van der Waals surface area (Å²) in [4.78, 5) is 23.4. The molecule has 2 heterocycles. The fourth-order valence-electron chi connectivity index (χ4n) is 3.04. The molecule has 0 aliphatic rings. The first-order valence-electron chi connectivity index (χ1n) is 8.78. The number of nitro groups is 1. The Hall–Kier alpha value is -3.49. The van der Waals surface area contributed by atoms with Crippen molar-refractivity contribution in [2.45, 2.75) is 34.2 Å². The van der Waals surface area contributed by atoms with E-state index in [0.717, 1.165) is 11.3 Å². The van der Waals surface area contributed by atoms with Crippen molar-refractivity contribution in [2.24, 2.45) is 7.05 Å². The van der Waals surface area contributed by atoms with Gasteiger partial charge in [0, 0.05) is 7.05 Å². The number of anilines is 1. The zero-order chi connectivity index (χ0) is 20.6. The van der Waals surface area contributed by atoms with Gasteiger partial charge in [-0.05, 0) is 33.3 Å². The van der Waals surface area contributed by atoms with E-state index in [4.69, 9.17) is 0 Å². The maximum Gasteiger partial charge on any atom is 0.322 e. The van der Waals surface area contributed by atoms with Gasteiger partial charge in [0.1, 0.15) is 5.69 Å². The van der Waals surface area contributed by atoms with Gasteiger partial charge in [-0.1, -0.05) is 29.8 Å². The predicted octanol–water partition coefficient (Wildman–Crippen LogP) is 3.06. The van der Waals surface area contributed by atoms with Crippen LogP contribution < -0.4 is 5.32 Å². The molecule has 28 heavy (non-hydrogen) atoms. The van der Waals surface area contributed by atoms with Crippen LogP contribution >= 0.6 is 0 Å². The Morgan fingerprint density at radius 3 is 2.36 bits per heavy atom. The summed E-state index contributed by atoms with van der Waals surface area (Å²) in [5.74, 6) is -0.628. The van der Waals surface area contributed by atoms with Crippen molar-refractivity contribution < 1.29 is 9.72 Å². The van der Waals surface area contributed by atoms with Gasteiger partial charge in [0.2, 0.25) is 5.69 Å². The molecule has 3 rings (SSSR count). The summed E-state index contributed by atoms with van der Waals surface area (Å²) in [7, 11) is 1.56. The predicted molar refractivity (Wildman–Crippen MR) is 105 cm³/mol. The van der Waals surface area contributed by atoms with E-state index in [9.17, 15) is 14.9 Å². The SMILES string of the molecule is Cc1ccc(Cn2nc(C)c(NC(=O)c3nn(C)c(C)c3[N+](=O)[O-])c2C)cc1. The summed E-state index contributed by atoms with van der Waals surface area (Å²) in [5.41, 5.74) is 4.02. The van der Waals surface area contributed by atoms with E-state index in [-0.39, 0.29) is 11.4 Å². The molecule has 2 aromatic heterocycles. The monoisotopic (exact) mass is 382 g/mol. The van der Waals surface area contributed by atoms with Gasteiger partial charge < -0.3 is 5.32 Å². The van der Waals surface area contributed by atoms with Crippen LogP contribution in [0.15, 0.2) is 24.3 Å². The third-order valence-electron chi connectivity index (χ3n) is 4.77. The van der Waals surface area contributed by atoms with Crippen LogP contribution in [0.4, 0.5) is 11.4 Å². The Labute approximate surface area is 162 Å². The molecule has 0 spiro atoms. The molecule has 0 atom stereocenters. The number of carbonyl (C=O) groups excluding carboxylic acids is 1.